The number of carbonyl (C=O) groups excluding carboxylic acids is 1. The van der Waals surface area contributed by atoms with Crippen molar-refractivity contribution in [3.05, 3.63) is 18.2 Å². The standard InChI is InChI=1S/C15H27N3O2/c1-12(2)9-18(10-13(3)4)15(19)20-7-5-6-14-8-16-11-17-14/h8,11-13H,5-7,9-10H2,1-4H3,(H,16,17). The summed E-state index contributed by atoms with van der Waals surface area (Å²) in [5.41, 5.74) is 1.07. The maximum absolute atomic E-state index is 12.1. The lowest BCUT2D eigenvalue weighted by Crippen LogP contribution is -2.37. The van der Waals surface area contributed by atoms with Gasteiger partial charge in [0.1, 0.15) is 0 Å². The molecule has 0 unspecified atom stereocenters. The van der Waals surface area contributed by atoms with E-state index in [9.17, 15) is 4.79 Å². The number of nitrogens with zero attached hydrogens (tertiary/aromatic N) is 2. The maximum Gasteiger partial charge on any atom is 0.409 e. The molecule has 0 radical (unpaired) electrons. The largest absolute Gasteiger partial charge is 0.449 e. The molecule has 0 aromatic carbocycles. The highest BCUT2D eigenvalue weighted by Crippen LogP contribution is 2.06. The number of nitrogens with one attached hydrogen (secondary N) is 1. The van der Waals surface area contributed by atoms with Crippen molar-refractivity contribution in [2.75, 3.05) is 19.7 Å². The molecule has 0 aliphatic heterocycles. The summed E-state index contributed by atoms with van der Waals surface area (Å²) in [6.07, 6.45) is 4.92. The van der Waals surface area contributed by atoms with E-state index in [0.717, 1.165) is 31.6 Å². The van der Waals surface area contributed by atoms with Crippen LogP contribution in [0.15, 0.2) is 12.5 Å². The predicted octanol–water partition coefficient (Wildman–Crippen LogP) is 3.09. The Labute approximate surface area is 121 Å². The Morgan fingerprint density at radius 1 is 1.30 bits per heavy atom. The number of amides is 1. The zero-order chi connectivity index (χ0) is 15.0. The van der Waals surface area contributed by atoms with E-state index in [-0.39, 0.29) is 6.09 Å². The first-order chi connectivity index (χ1) is 9.49. The minimum Gasteiger partial charge on any atom is -0.449 e. The van der Waals surface area contributed by atoms with Crippen LogP contribution < -0.4 is 0 Å². The molecule has 5 heteroatoms. The van der Waals surface area contributed by atoms with Gasteiger partial charge in [0, 0.05) is 25.0 Å². The number of hydrogen-bond acceptors (Lipinski definition) is 3. The Morgan fingerprint density at radius 3 is 2.45 bits per heavy atom. The molecule has 114 valence electrons. The van der Waals surface area contributed by atoms with Gasteiger partial charge in [-0.05, 0) is 24.7 Å². The third-order valence-corrected chi connectivity index (χ3v) is 2.80. The lowest BCUT2D eigenvalue weighted by atomic mass is 10.1. The van der Waals surface area contributed by atoms with Gasteiger partial charge in [0.2, 0.25) is 0 Å². The molecule has 1 N–H and O–H groups in total. The van der Waals surface area contributed by atoms with Gasteiger partial charge in [-0.25, -0.2) is 9.78 Å². The number of carbonyl (C=O) groups is 1. The van der Waals surface area contributed by atoms with Crippen LogP contribution in [0.2, 0.25) is 0 Å². The summed E-state index contributed by atoms with van der Waals surface area (Å²) in [6, 6.07) is 0. The summed E-state index contributed by atoms with van der Waals surface area (Å²) in [5, 5.41) is 0. The highest BCUT2D eigenvalue weighted by molar-refractivity contribution is 5.67. The van der Waals surface area contributed by atoms with Crippen molar-refractivity contribution in [2.45, 2.75) is 40.5 Å². The number of aromatic amines is 1. The first-order valence-electron chi connectivity index (χ1n) is 7.38. The van der Waals surface area contributed by atoms with Gasteiger partial charge in [-0.3, -0.25) is 0 Å². The number of aromatic nitrogens is 2. The monoisotopic (exact) mass is 281 g/mol. The van der Waals surface area contributed by atoms with Gasteiger partial charge in [0.15, 0.2) is 0 Å². The fourth-order valence-corrected chi connectivity index (χ4v) is 2.04. The number of ether oxygens (including phenoxy) is 1. The first kappa shape index (κ1) is 16.5. The third kappa shape index (κ3) is 6.59. The fourth-order valence-electron chi connectivity index (χ4n) is 2.04. The van der Waals surface area contributed by atoms with Crippen molar-refractivity contribution in [3.63, 3.8) is 0 Å². The van der Waals surface area contributed by atoms with E-state index >= 15 is 0 Å². The molecule has 0 saturated carbocycles. The van der Waals surface area contributed by atoms with E-state index in [2.05, 4.69) is 37.7 Å². The molecular formula is C15H27N3O2. The molecule has 1 amide bonds. The minimum absolute atomic E-state index is 0.197. The van der Waals surface area contributed by atoms with Crippen LogP contribution in [0.25, 0.3) is 0 Å². The van der Waals surface area contributed by atoms with Crippen LogP contribution in [0, 0.1) is 11.8 Å². The van der Waals surface area contributed by atoms with Crippen molar-refractivity contribution < 1.29 is 9.53 Å². The number of imidazole rings is 1. The molecular weight excluding hydrogens is 254 g/mol. The number of hydrogen-bond donors (Lipinski definition) is 1. The van der Waals surface area contributed by atoms with Gasteiger partial charge < -0.3 is 14.6 Å². The van der Waals surface area contributed by atoms with Gasteiger partial charge >= 0.3 is 6.09 Å². The molecule has 1 aromatic rings. The van der Waals surface area contributed by atoms with E-state index in [1.165, 1.54) is 0 Å². The van der Waals surface area contributed by atoms with Crippen molar-refractivity contribution in [1.29, 1.82) is 0 Å². The number of rotatable bonds is 8. The molecule has 0 aliphatic carbocycles. The van der Waals surface area contributed by atoms with Crippen LogP contribution in [0.1, 0.15) is 39.8 Å². The van der Waals surface area contributed by atoms with Gasteiger partial charge in [0.05, 0.1) is 12.9 Å². The van der Waals surface area contributed by atoms with Crippen molar-refractivity contribution in [3.8, 4) is 0 Å². The smallest absolute Gasteiger partial charge is 0.409 e. The summed E-state index contributed by atoms with van der Waals surface area (Å²) >= 11 is 0. The zero-order valence-corrected chi connectivity index (χ0v) is 13.1. The molecule has 0 spiro atoms. The van der Waals surface area contributed by atoms with E-state index in [1.807, 2.05) is 4.90 Å². The Bertz CT molecular complexity index is 364. The summed E-state index contributed by atoms with van der Waals surface area (Å²) in [6.45, 7) is 10.4. The van der Waals surface area contributed by atoms with E-state index in [1.54, 1.807) is 12.5 Å². The van der Waals surface area contributed by atoms with Crippen molar-refractivity contribution in [2.24, 2.45) is 11.8 Å². The quantitative estimate of drug-likeness (QED) is 0.745. The SMILES string of the molecule is CC(C)CN(CC(C)C)C(=O)OCCCc1cnc[nH]1. The molecule has 5 nitrogen and oxygen atoms in total. The molecule has 0 bridgehead atoms. The predicted molar refractivity (Wildman–Crippen MR) is 79.5 cm³/mol. The highest BCUT2D eigenvalue weighted by atomic mass is 16.6. The summed E-state index contributed by atoms with van der Waals surface area (Å²) < 4.78 is 5.36. The number of aryl methyl sites for hydroxylation is 1. The highest BCUT2D eigenvalue weighted by Gasteiger charge is 2.17. The molecule has 1 heterocycles. The second-order valence-electron chi connectivity index (χ2n) is 5.99. The van der Waals surface area contributed by atoms with Crippen LogP contribution in [0.5, 0.6) is 0 Å². The Balaban J connectivity index is 2.29. The van der Waals surface area contributed by atoms with Crippen LogP contribution in [0.4, 0.5) is 4.79 Å². The Kier molecular flexibility index (Phi) is 7.12. The third-order valence-electron chi connectivity index (χ3n) is 2.80. The first-order valence-corrected chi connectivity index (χ1v) is 7.38. The summed E-state index contributed by atoms with van der Waals surface area (Å²) in [7, 11) is 0. The van der Waals surface area contributed by atoms with E-state index in [0.29, 0.717) is 18.4 Å². The number of H-pyrrole nitrogens is 1. The molecule has 0 saturated heterocycles. The second kappa shape index (κ2) is 8.61. The molecule has 1 aromatic heterocycles. The molecule has 20 heavy (non-hydrogen) atoms. The van der Waals surface area contributed by atoms with Gasteiger partial charge in [-0.1, -0.05) is 27.7 Å². The minimum atomic E-state index is -0.197. The summed E-state index contributed by atoms with van der Waals surface area (Å²) in [5.74, 6) is 0.901. The van der Waals surface area contributed by atoms with E-state index < -0.39 is 0 Å². The average Bonchev–Trinajstić information content (AvgIpc) is 2.85. The van der Waals surface area contributed by atoms with Crippen molar-refractivity contribution >= 4 is 6.09 Å². The molecule has 0 fully saturated rings. The topological polar surface area (TPSA) is 58.2 Å². The average molecular weight is 281 g/mol. The Hall–Kier alpha value is -1.52. The maximum atomic E-state index is 12.1. The Morgan fingerprint density at radius 2 is 1.95 bits per heavy atom. The van der Waals surface area contributed by atoms with Crippen LogP contribution in [0.3, 0.4) is 0 Å². The van der Waals surface area contributed by atoms with Crippen LogP contribution in [-0.4, -0.2) is 40.7 Å². The molecule has 0 atom stereocenters. The fraction of sp³-hybridized carbons (Fsp3) is 0.733. The second-order valence-corrected chi connectivity index (χ2v) is 5.99. The van der Waals surface area contributed by atoms with Crippen molar-refractivity contribution in [1.82, 2.24) is 14.9 Å². The van der Waals surface area contributed by atoms with Gasteiger partial charge in [-0.15, -0.1) is 0 Å². The zero-order valence-electron chi connectivity index (χ0n) is 13.1. The lowest BCUT2D eigenvalue weighted by molar-refractivity contribution is 0.0924. The van der Waals surface area contributed by atoms with E-state index in [4.69, 9.17) is 4.74 Å². The summed E-state index contributed by atoms with van der Waals surface area (Å²) in [4.78, 5) is 20.9. The van der Waals surface area contributed by atoms with Crippen LogP contribution >= 0.6 is 0 Å². The van der Waals surface area contributed by atoms with Crippen LogP contribution in [-0.2, 0) is 11.2 Å². The van der Waals surface area contributed by atoms with Gasteiger partial charge in [-0.2, -0.15) is 0 Å². The molecule has 0 aliphatic rings. The van der Waals surface area contributed by atoms with Gasteiger partial charge in [0.25, 0.3) is 0 Å². The molecule has 1 rings (SSSR count). The lowest BCUT2D eigenvalue weighted by Gasteiger charge is -2.25. The normalized spacial score (nSPS) is 11.1.